The summed E-state index contributed by atoms with van der Waals surface area (Å²) in [6, 6.07) is 7.83. The van der Waals surface area contributed by atoms with E-state index >= 15 is 4.39 Å². The maximum absolute atomic E-state index is 16.8. The number of nitrogens with zero attached hydrogens (tertiary/aromatic N) is 6. The Balaban J connectivity index is 1.47. The van der Waals surface area contributed by atoms with Crippen LogP contribution in [0.2, 0.25) is 0 Å². The molecule has 2 fully saturated rings. The lowest BCUT2D eigenvalue weighted by Crippen LogP contribution is -2.43. The van der Waals surface area contributed by atoms with Crippen LogP contribution < -0.4 is 15.4 Å². The molecule has 0 unspecified atom stereocenters. The molecule has 2 aromatic heterocycles. The average Bonchev–Trinajstić information content (AvgIpc) is 3.73. The number of aromatic nitrogens is 2. The lowest BCUT2D eigenvalue weighted by atomic mass is 9.97. The molecule has 2 aliphatic heterocycles. The number of fused-ring (bicyclic) bond motifs is 2. The van der Waals surface area contributed by atoms with Gasteiger partial charge in [0.05, 0.1) is 22.4 Å². The molecule has 2 aliphatic rings. The van der Waals surface area contributed by atoms with Crippen LogP contribution in [0.25, 0.3) is 32.1 Å². The summed E-state index contributed by atoms with van der Waals surface area (Å²) in [4.78, 5) is 27.7. The highest BCUT2D eigenvalue weighted by Crippen LogP contribution is 2.43. The fourth-order valence-electron chi connectivity index (χ4n) is 6.78. The average molecular weight is 648 g/mol. The predicted octanol–water partition coefficient (Wildman–Crippen LogP) is 4.95. The van der Waals surface area contributed by atoms with Crippen molar-refractivity contribution < 1.29 is 23.0 Å². The van der Waals surface area contributed by atoms with Crippen LogP contribution in [-0.4, -0.2) is 90.8 Å². The van der Waals surface area contributed by atoms with Crippen LogP contribution in [0.4, 0.5) is 19.6 Å². The first-order valence-corrected chi connectivity index (χ1v) is 15.8. The summed E-state index contributed by atoms with van der Waals surface area (Å²) in [6.45, 7) is 7.18. The van der Waals surface area contributed by atoms with E-state index in [9.17, 15) is 14.4 Å². The number of hydrogen-bond donors (Lipinski definition) is 1. The number of ether oxygens (including phenoxy) is 2. The van der Waals surface area contributed by atoms with Gasteiger partial charge in [0.1, 0.15) is 34.8 Å². The summed E-state index contributed by atoms with van der Waals surface area (Å²) < 4.78 is 43.4. The summed E-state index contributed by atoms with van der Waals surface area (Å²) >= 11 is 0.954. The smallest absolute Gasteiger partial charge is 0.319 e. The molecule has 13 heteroatoms. The normalized spacial score (nSPS) is 21.6. The minimum Gasteiger partial charge on any atom is -0.462 e. The van der Waals surface area contributed by atoms with Crippen LogP contribution in [0, 0.1) is 23.0 Å². The maximum Gasteiger partial charge on any atom is 0.319 e. The molecule has 4 heterocycles. The van der Waals surface area contributed by atoms with Crippen LogP contribution in [0.1, 0.15) is 25.3 Å². The van der Waals surface area contributed by atoms with Crippen molar-refractivity contribution in [1.29, 1.82) is 5.26 Å². The van der Waals surface area contributed by atoms with E-state index < -0.39 is 11.6 Å². The number of nitriles is 1. The zero-order valence-electron chi connectivity index (χ0n) is 26.1. The van der Waals surface area contributed by atoms with Gasteiger partial charge in [0, 0.05) is 55.7 Å². The monoisotopic (exact) mass is 647 g/mol. The first-order valence-electron chi connectivity index (χ1n) is 15.0. The highest BCUT2D eigenvalue weighted by Gasteiger charge is 2.37. The highest BCUT2D eigenvalue weighted by molar-refractivity contribution is 7.23. The van der Waals surface area contributed by atoms with Gasteiger partial charge in [0.25, 0.3) is 0 Å². The molecular weight excluding hydrogens is 612 g/mol. The second-order valence-corrected chi connectivity index (χ2v) is 12.9. The molecule has 0 radical (unpaired) electrons. The Labute approximate surface area is 269 Å². The Bertz CT molecular complexity index is 1890. The Hall–Kier alpha value is -4.38. The molecule has 0 bridgehead atoms. The fraction of sp³-hybridized carbons (Fsp3) is 0.394. The molecule has 46 heavy (non-hydrogen) atoms. The molecule has 4 aromatic rings. The minimum absolute atomic E-state index is 0.00563. The molecule has 2 aromatic carbocycles. The predicted molar refractivity (Wildman–Crippen MR) is 175 cm³/mol. The van der Waals surface area contributed by atoms with Gasteiger partial charge in [-0.2, -0.15) is 15.2 Å². The van der Waals surface area contributed by atoms with E-state index in [-0.39, 0.29) is 74.5 Å². The van der Waals surface area contributed by atoms with Crippen LogP contribution >= 0.6 is 11.3 Å². The van der Waals surface area contributed by atoms with Gasteiger partial charge in [-0.1, -0.05) is 18.7 Å². The second-order valence-electron chi connectivity index (χ2n) is 11.8. The largest absolute Gasteiger partial charge is 0.462 e. The van der Waals surface area contributed by atoms with E-state index in [0.29, 0.717) is 29.7 Å². The van der Waals surface area contributed by atoms with Crippen molar-refractivity contribution in [2.45, 2.75) is 44.0 Å². The third-order valence-corrected chi connectivity index (χ3v) is 10.4. The van der Waals surface area contributed by atoms with Gasteiger partial charge in [0.15, 0.2) is 5.82 Å². The van der Waals surface area contributed by atoms with Crippen LogP contribution in [0.5, 0.6) is 6.01 Å². The molecule has 0 spiro atoms. The molecule has 10 nitrogen and oxygen atoms in total. The Morgan fingerprint density at radius 2 is 2.04 bits per heavy atom. The molecule has 2 N–H and O–H groups in total. The fourth-order valence-corrected chi connectivity index (χ4v) is 7.73. The van der Waals surface area contributed by atoms with Gasteiger partial charge >= 0.3 is 6.01 Å². The van der Waals surface area contributed by atoms with E-state index in [4.69, 9.17) is 20.2 Å². The van der Waals surface area contributed by atoms with Crippen molar-refractivity contribution in [3.63, 3.8) is 0 Å². The molecule has 1 amide bonds. The van der Waals surface area contributed by atoms with Crippen LogP contribution in [0.3, 0.4) is 0 Å². The second kappa shape index (κ2) is 12.4. The molecule has 0 aliphatic carbocycles. The zero-order valence-corrected chi connectivity index (χ0v) is 26.9. The number of hydrogen-bond acceptors (Lipinski definition) is 10. The van der Waals surface area contributed by atoms with Gasteiger partial charge < -0.3 is 25.0 Å². The lowest BCUT2D eigenvalue weighted by molar-refractivity contribution is -0.126. The van der Waals surface area contributed by atoms with Gasteiger partial charge in [-0.25, -0.2) is 8.78 Å². The van der Waals surface area contributed by atoms with Crippen molar-refractivity contribution in [3.05, 3.63) is 54.1 Å². The number of carbonyl (C=O) groups is 1. The summed E-state index contributed by atoms with van der Waals surface area (Å²) in [5.41, 5.74) is 6.64. The van der Waals surface area contributed by atoms with Gasteiger partial charge in [-0.05, 0) is 50.6 Å². The number of likely N-dealkylation sites (N-methyl/N-ethyl adjacent to an activating group) is 2. The third kappa shape index (κ3) is 5.30. The molecule has 6 rings (SSSR count). The number of amides is 1. The van der Waals surface area contributed by atoms with Gasteiger partial charge in [0.2, 0.25) is 5.91 Å². The number of methoxy groups -OCH3 is 1. The lowest BCUT2D eigenvalue weighted by Gasteiger charge is -2.32. The van der Waals surface area contributed by atoms with Crippen LogP contribution in [-0.2, 0) is 9.53 Å². The Morgan fingerprint density at radius 1 is 1.28 bits per heavy atom. The number of likely N-dealkylation sites (tertiary alicyclic amines) is 2. The maximum atomic E-state index is 16.8. The van der Waals surface area contributed by atoms with Crippen molar-refractivity contribution in [2.75, 3.05) is 51.5 Å². The summed E-state index contributed by atoms with van der Waals surface area (Å²) in [5, 5.41) is 10.7. The SMILES string of the molecule is C=CC(=O)N1CC[C@@H](N(C)c2nc(OC[C@@H]3C[C@@H](OC)CN3C)nc3c(F)c(-c4ccc(F)c5sc(N)c(C#N)c45)ccc23)[C@H]1C. The Kier molecular flexibility index (Phi) is 8.54. The summed E-state index contributed by atoms with van der Waals surface area (Å²) in [6.07, 6.45) is 2.83. The number of rotatable bonds is 8. The van der Waals surface area contributed by atoms with E-state index in [1.807, 2.05) is 32.0 Å². The standard InChI is InChI=1S/C33H35F2N7O3S/c1-6-26(43)42-12-11-25(17(42)2)41(4)32-22-8-7-21(20-9-10-24(34)30-27(20)23(14-36)31(37)46-30)28(35)29(22)38-33(39-32)45-16-18-13-19(44-5)15-40(18)3/h6-10,17-19,25H,1,11-13,15-16,37H2,2-5H3/t17-,18+,19-,25-/m1/s1. The van der Waals surface area contributed by atoms with E-state index in [0.717, 1.165) is 24.3 Å². The van der Waals surface area contributed by atoms with Crippen LogP contribution in [0.15, 0.2) is 36.9 Å². The topological polar surface area (TPSA) is 121 Å². The number of benzene rings is 2. The number of anilines is 2. The van der Waals surface area contributed by atoms with E-state index in [1.54, 1.807) is 24.1 Å². The number of halogens is 2. The van der Waals surface area contributed by atoms with Crippen molar-refractivity contribution in [2.24, 2.45) is 0 Å². The minimum atomic E-state index is -0.665. The number of nitrogen functional groups attached to an aromatic ring is 1. The van der Waals surface area contributed by atoms with Crippen molar-refractivity contribution >= 4 is 49.1 Å². The number of nitrogens with two attached hydrogens (primary N) is 1. The molecule has 4 atom stereocenters. The van der Waals surface area contributed by atoms with E-state index in [1.165, 1.54) is 18.2 Å². The number of thiophene rings is 1. The van der Waals surface area contributed by atoms with Crippen molar-refractivity contribution in [3.8, 4) is 23.2 Å². The molecule has 2 saturated heterocycles. The third-order valence-electron chi connectivity index (χ3n) is 9.38. The zero-order chi connectivity index (χ0) is 32.9. The molecule has 240 valence electrons. The van der Waals surface area contributed by atoms with Gasteiger partial charge in [-0.3, -0.25) is 9.69 Å². The number of carbonyl (C=O) groups excluding carboxylic acids is 1. The van der Waals surface area contributed by atoms with Gasteiger partial charge in [-0.15, -0.1) is 11.3 Å². The van der Waals surface area contributed by atoms with Crippen molar-refractivity contribution in [1.82, 2.24) is 19.8 Å². The quantitative estimate of drug-likeness (QED) is 0.265. The first kappa shape index (κ1) is 31.6. The Morgan fingerprint density at radius 3 is 2.74 bits per heavy atom. The summed E-state index contributed by atoms with van der Waals surface area (Å²) in [7, 11) is 5.54. The first-order chi connectivity index (χ1) is 22.1. The molecule has 0 saturated carbocycles. The van der Waals surface area contributed by atoms with E-state index in [2.05, 4.69) is 16.5 Å². The highest BCUT2D eigenvalue weighted by atomic mass is 32.1. The summed E-state index contributed by atoms with van der Waals surface area (Å²) in [5.74, 6) is -0.905. The molecular formula is C33H35F2N7O3S.